The average molecular weight is 437 g/mol. The smallest absolute Gasteiger partial charge is 0.238 e. The molecule has 0 bridgehead atoms. The second-order valence-corrected chi connectivity index (χ2v) is 9.07. The number of rotatable bonds is 5. The molecule has 1 aromatic heterocycles. The molecule has 1 amide bonds. The van der Waals surface area contributed by atoms with Crippen molar-refractivity contribution < 1.29 is 13.9 Å². The Labute approximate surface area is 188 Å². The lowest BCUT2D eigenvalue weighted by molar-refractivity contribution is -0.117. The van der Waals surface area contributed by atoms with Gasteiger partial charge in [0.25, 0.3) is 0 Å². The molecule has 5 rings (SSSR count). The summed E-state index contributed by atoms with van der Waals surface area (Å²) in [4.78, 5) is 20.1. The third-order valence-corrected chi connectivity index (χ3v) is 6.86. The molecule has 3 heterocycles. The summed E-state index contributed by atoms with van der Waals surface area (Å²) in [6.07, 6.45) is 2.57. The average Bonchev–Trinajstić information content (AvgIpc) is 3.16. The highest BCUT2D eigenvalue weighted by Gasteiger charge is 2.27. The molecule has 1 unspecified atom stereocenters. The van der Waals surface area contributed by atoms with Crippen LogP contribution in [0.3, 0.4) is 0 Å². The van der Waals surface area contributed by atoms with Crippen LogP contribution in [0.2, 0.25) is 0 Å². The first-order chi connectivity index (χ1) is 15.6. The number of piperidine rings is 1. The highest BCUT2D eigenvalue weighted by atomic mass is 16.5. The van der Waals surface area contributed by atoms with Gasteiger partial charge in [-0.25, -0.2) is 0 Å². The lowest BCUT2D eigenvalue weighted by atomic mass is 10.0. The molecule has 0 radical (unpaired) electrons. The van der Waals surface area contributed by atoms with Gasteiger partial charge in [-0.1, -0.05) is 18.2 Å². The summed E-state index contributed by atoms with van der Waals surface area (Å²) >= 11 is 0. The van der Waals surface area contributed by atoms with Crippen LogP contribution in [0.25, 0.3) is 21.9 Å². The van der Waals surface area contributed by atoms with E-state index in [9.17, 15) is 4.79 Å². The lowest BCUT2D eigenvalue weighted by Crippen LogP contribution is -2.55. The van der Waals surface area contributed by atoms with Gasteiger partial charge in [0.2, 0.25) is 5.91 Å². The van der Waals surface area contributed by atoms with Crippen LogP contribution >= 0.6 is 0 Å². The molecule has 2 aromatic carbocycles. The number of anilines is 1. The number of furan rings is 1. The van der Waals surface area contributed by atoms with E-state index in [-0.39, 0.29) is 5.91 Å². The van der Waals surface area contributed by atoms with Gasteiger partial charge in [0.1, 0.15) is 16.9 Å². The first-order valence-electron chi connectivity index (χ1n) is 11.5. The predicted molar refractivity (Wildman–Crippen MR) is 127 cm³/mol. The molecule has 0 saturated carbocycles. The summed E-state index contributed by atoms with van der Waals surface area (Å²) in [6.45, 7) is 6.66. The van der Waals surface area contributed by atoms with Crippen molar-refractivity contribution in [3.05, 3.63) is 36.4 Å². The summed E-state index contributed by atoms with van der Waals surface area (Å²) < 4.78 is 11.5. The fourth-order valence-electron chi connectivity index (χ4n) is 5.13. The van der Waals surface area contributed by atoms with Gasteiger partial charge in [-0.2, -0.15) is 0 Å². The van der Waals surface area contributed by atoms with Gasteiger partial charge in [0.15, 0.2) is 0 Å². The highest BCUT2D eigenvalue weighted by molar-refractivity contribution is 6.07. The van der Waals surface area contributed by atoms with Crippen molar-refractivity contribution in [1.29, 1.82) is 0 Å². The number of hydrogen-bond acceptors (Lipinski definition) is 6. The van der Waals surface area contributed by atoms with E-state index in [1.165, 1.54) is 19.4 Å². The fraction of sp³-hybridized carbons (Fsp3) is 0.480. The second kappa shape index (κ2) is 9.10. The molecule has 2 aliphatic heterocycles. The van der Waals surface area contributed by atoms with Gasteiger partial charge in [0, 0.05) is 55.6 Å². The molecule has 1 atom stereocenters. The number of amides is 1. The van der Waals surface area contributed by atoms with Gasteiger partial charge in [-0.15, -0.1) is 0 Å². The molecule has 2 saturated heterocycles. The van der Waals surface area contributed by atoms with Gasteiger partial charge < -0.3 is 19.4 Å². The quantitative estimate of drug-likeness (QED) is 0.663. The van der Waals surface area contributed by atoms with Crippen molar-refractivity contribution in [3.8, 4) is 5.75 Å². The van der Waals surface area contributed by atoms with Crippen molar-refractivity contribution in [2.45, 2.75) is 18.9 Å². The number of hydrogen-bond donors (Lipinski definition) is 1. The largest absolute Gasteiger partial charge is 0.495 e. The topological polar surface area (TPSA) is 61.2 Å². The summed E-state index contributed by atoms with van der Waals surface area (Å²) in [5.41, 5.74) is 2.22. The molecule has 2 fully saturated rings. The zero-order valence-electron chi connectivity index (χ0n) is 19.0. The Kier molecular flexibility index (Phi) is 6.04. The van der Waals surface area contributed by atoms with Crippen LogP contribution < -0.4 is 10.1 Å². The zero-order valence-corrected chi connectivity index (χ0v) is 19.0. The Morgan fingerprint density at radius 3 is 2.69 bits per heavy atom. The van der Waals surface area contributed by atoms with Crippen LogP contribution in [0.1, 0.15) is 12.8 Å². The number of benzene rings is 2. The minimum absolute atomic E-state index is 0.0235. The van der Waals surface area contributed by atoms with E-state index >= 15 is 0 Å². The number of ether oxygens (including phenoxy) is 1. The zero-order chi connectivity index (χ0) is 22.1. The molecular formula is C25H32N4O3. The molecule has 7 nitrogen and oxygen atoms in total. The van der Waals surface area contributed by atoms with Crippen molar-refractivity contribution in [3.63, 3.8) is 0 Å². The first-order valence-corrected chi connectivity index (χ1v) is 11.5. The van der Waals surface area contributed by atoms with Gasteiger partial charge >= 0.3 is 0 Å². The monoisotopic (exact) mass is 436 g/mol. The number of para-hydroxylation sites is 1. The van der Waals surface area contributed by atoms with Crippen LogP contribution in [-0.4, -0.2) is 86.6 Å². The third-order valence-electron chi connectivity index (χ3n) is 6.86. The number of methoxy groups -OCH3 is 1. The first kappa shape index (κ1) is 21.2. The minimum atomic E-state index is -0.0235. The standard InChI is InChI=1S/C25H32N4O3/c1-27-9-5-6-18(16-27)29-12-10-28(11-13-29)17-25(30)26-21-15-23-20(14-24(21)31-2)19-7-3-4-8-22(19)32-23/h3-4,7-8,14-15,18H,5-6,9-13,16-17H2,1-2H3,(H,26,30). The van der Waals surface area contributed by atoms with Crippen LogP contribution in [0.15, 0.2) is 40.8 Å². The van der Waals surface area contributed by atoms with E-state index in [0.29, 0.717) is 24.0 Å². The molecular weight excluding hydrogens is 404 g/mol. The molecule has 2 aliphatic rings. The second-order valence-electron chi connectivity index (χ2n) is 9.07. The number of piperazine rings is 1. The fourth-order valence-corrected chi connectivity index (χ4v) is 5.13. The molecule has 3 aromatic rings. The van der Waals surface area contributed by atoms with Crippen LogP contribution in [0.5, 0.6) is 5.75 Å². The van der Waals surface area contributed by atoms with E-state index in [1.54, 1.807) is 7.11 Å². The van der Waals surface area contributed by atoms with Crippen LogP contribution in [0, 0.1) is 0 Å². The van der Waals surface area contributed by atoms with E-state index in [0.717, 1.165) is 54.7 Å². The maximum absolute atomic E-state index is 12.8. The Morgan fingerprint density at radius 2 is 1.91 bits per heavy atom. The molecule has 32 heavy (non-hydrogen) atoms. The number of carbonyl (C=O) groups excluding carboxylic acids is 1. The van der Waals surface area contributed by atoms with Crippen molar-refractivity contribution >= 4 is 33.5 Å². The van der Waals surface area contributed by atoms with Crippen molar-refractivity contribution in [2.24, 2.45) is 0 Å². The lowest BCUT2D eigenvalue weighted by Gasteiger charge is -2.42. The highest BCUT2D eigenvalue weighted by Crippen LogP contribution is 2.36. The number of carbonyl (C=O) groups is 1. The minimum Gasteiger partial charge on any atom is -0.495 e. The Balaban J connectivity index is 1.22. The van der Waals surface area contributed by atoms with E-state index in [1.807, 2.05) is 36.4 Å². The number of fused-ring (bicyclic) bond motifs is 3. The SMILES string of the molecule is COc1cc2c(cc1NC(=O)CN1CCN(C3CCCN(C)C3)CC1)oc1ccccc12. The molecule has 0 spiro atoms. The molecule has 1 N–H and O–H groups in total. The summed E-state index contributed by atoms with van der Waals surface area (Å²) in [7, 11) is 3.84. The maximum Gasteiger partial charge on any atom is 0.238 e. The van der Waals surface area contributed by atoms with Crippen LogP contribution in [-0.2, 0) is 4.79 Å². The molecule has 0 aliphatic carbocycles. The Bertz CT molecular complexity index is 1100. The van der Waals surface area contributed by atoms with Crippen LogP contribution in [0.4, 0.5) is 5.69 Å². The van der Waals surface area contributed by atoms with E-state index < -0.39 is 0 Å². The predicted octanol–water partition coefficient (Wildman–Crippen LogP) is 3.24. The third kappa shape index (κ3) is 4.33. The number of nitrogens with one attached hydrogen (secondary N) is 1. The van der Waals surface area contributed by atoms with Gasteiger partial charge in [0.05, 0.1) is 19.3 Å². The maximum atomic E-state index is 12.8. The van der Waals surface area contributed by atoms with Crippen molar-refractivity contribution in [1.82, 2.24) is 14.7 Å². The van der Waals surface area contributed by atoms with Gasteiger partial charge in [-0.3, -0.25) is 14.6 Å². The summed E-state index contributed by atoms with van der Waals surface area (Å²) in [5.74, 6) is 0.619. The molecule has 7 heteroatoms. The molecule has 170 valence electrons. The summed E-state index contributed by atoms with van der Waals surface area (Å²) in [5, 5.41) is 5.07. The normalized spacial score (nSPS) is 21.2. The summed E-state index contributed by atoms with van der Waals surface area (Å²) in [6, 6.07) is 12.4. The number of likely N-dealkylation sites (N-methyl/N-ethyl adjacent to an activating group) is 1. The Hall–Kier alpha value is -2.61. The number of likely N-dealkylation sites (tertiary alicyclic amines) is 1. The van der Waals surface area contributed by atoms with Crippen molar-refractivity contribution in [2.75, 3.05) is 65.3 Å². The van der Waals surface area contributed by atoms with E-state index in [2.05, 4.69) is 27.1 Å². The number of nitrogens with zero attached hydrogens (tertiary/aromatic N) is 3. The van der Waals surface area contributed by atoms with E-state index in [4.69, 9.17) is 9.15 Å². The Morgan fingerprint density at radius 1 is 1.09 bits per heavy atom. The van der Waals surface area contributed by atoms with Gasteiger partial charge in [-0.05, 0) is 38.6 Å².